The molecule has 1 saturated carbocycles. The van der Waals surface area contributed by atoms with Gasteiger partial charge in [0, 0.05) is 17.5 Å². The van der Waals surface area contributed by atoms with Crippen molar-refractivity contribution >= 4 is 15.9 Å². The molecule has 0 bridgehead atoms. The third-order valence-corrected chi connectivity index (χ3v) is 4.83. The number of ether oxygens (including phenoxy) is 1. The van der Waals surface area contributed by atoms with Gasteiger partial charge in [-0.25, -0.2) is 0 Å². The molecular formula is C15H22BrNO. The summed E-state index contributed by atoms with van der Waals surface area (Å²) >= 11 is 3.63. The van der Waals surface area contributed by atoms with E-state index >= 15 is 0 Å². The highest BCUT2D eigenvalue weighted by Crippen LogP contribution is 2.46. The van der Waals surface area contributed by atoms with E-state index in [-0.39, 0.29) is 5.41 Å². The van der Waals surface area contributed by atoms with Crippen LogP contribution in [-0.2, 0) is 11.8 Å². The van der Waals surface area contributed by atoms with Gasteiger partial charge in [0.1, 0.15) is 5.75 Å². The number of benzene rings is 1. The second-order valence-corrected chi connectivity index (χ2v) is 6.06. The molecule has 0 radical (unpaired) electrons. The summed E-state index contributed by atoms with van der Waals surface area (Å²) in [6.45, 7) is 2.89. The van der Waals surface area contributed by atoms with E-state index in [0.717, 1.165) is 16.6 Å². The van der Waals surface area contributed by atoms with Gasteiger partial charge in [0.15, 0.2) is 0 Å². The standard InChI is InChI=1S/C15H22BrNO/c1-3-11-8-12(14(18-2)13(16)9-11)15(10-17)6-4-5-7-15/h8-9H,3-7,10,17H2,1-2H3. The molecular weight excluding hydrogens is 290 g/mol. The molecule has 0 aliphatic heterocycles. The van der Waals surface area contributed by atoms with Crippen LogP contribution in [0.1, 0.15) is 43.7 Å². The predicted molar refractivity (Wildman–Crippen MR) is 79.3 cm³/mol. The minimum Gasteiger partial charge on any atom is -0.495 e. The molecule has 0 unspecified atom stereocenters. The van der Waals surface area contributed by atoms with Crippen molar-refractivity contribution < 1.29 is 4.74 Å². The summed E-state index contributed by atoms with van der Waals surface area (Å²) in [5.74, 6) is 0.972. The summed E-state index contributed by atoms with van der Waals surface area (Å²) in [7, 11) is 1.74. The van der Waals surface area contributed by atoms with Crippen LogP contribution in [0.5, 0.6) is 5.75 Å². The van der Waals surface area contributed by atoms with E-state index in [9.17, 15) is 0 Å². The lowest BCUT2D eigenvalue weighted by Gasteiger charge is -2.30. The van der Waals surface area contributed by atoms with Crippen molar-refractivity contribution in [3.63, 3.8) is 0 Å². The summed E-state index contributed by atoms with van der Waals surface area (Å²) in [6.07, 6.45) is 5.94. The van der Waals surface area contributed by atoms with Gasteiger partial charge in [0.05, 0.1) is 11.6 Å². The van der Waals surface area contributed by atoms with E-state index in [1.165, 1.54) is 36.8 Å². The molecule has 3 heteroatoms. The van der Waals surface area contributed by atoms with E-state index in [0.29, 0.717) is 6.54 Å². The summed E-state index contributed by atoms with van der Waals surface area (Å²) < 4.78 is 6.67. The first-order valence-corrected chi connectivity index (χ1v) is 7.53. The van der Waals surface area contributed by atoms with Crippen molar-refractivity contribution in [1.29, 1.82) is 0 Å². The Morgan fingerprint density at radius 3 is 2.50 bits per heavy atom. The Labute approximate surface area is 118 Å². The molecule has 1 aliphatic carbocycles. The first-order valence-electron chi connectivity index (χ1n) is 6.74. The molecule has 0 spiro atoms. The maximum absolute atomic E-state index is 6.10. The lowest BCUT2D eigenvalue weighted by atomic mass is 9.77. The minimum absolute atomic E-state index is 0.124. The SMILES string of the molecule is CCc1cc(Br)c(OC)c(C2(CN)CCCC2)c1. The Hall–Kier alpha value is -0.540. The van der Waals surface area contributed by atoms with Crippen molar-refractivity contribution in [3.05, 3.63) is 27.7 Å². The Balaban J connectivity index is 2.56. The van der Waals surface area contributed by atoms with Crippen LogP contribution in [0.4, 0.5) is 0 Å². The van der Waals surface area contributed by atoms with Gasteiger partial charge in [-0.1, -0.05) is 25.8 Å². The lowest BCUT2D eigenvalue weighted by Crippen LogP contribution is -2.32. The van der Waals surface area contributed by atoms with E-state index in [1.807, 2.05) is 0 Å². The first kappa shape index (κ1) is 13.9. The average Bonchev–Trinajstić information content (AvgIpc) is 2.87. The maximum Gasteiger partial charge on any atom is 0.136 e. The normalized spacial score (nSPS) is 18.0. The van der Waals surface area contributed by atoms with Gasteiger partial charge >= 0.3 is 0 Å². The molecule has 0 heterocycles. The third kappa shape index (κ3) is 2.30. The van der Waals surface area contributed by atoms with Crippen LogP contribution in [0, 0.1) is 0 Å². The van der Waals surface area contributed by atoms with Gasteiger partial charge in [-0.2, -0.15) is 0 Å². The molecule has 1 aromatic rings. The van der Waals surface area contributed by atoms with Crippen molar-refractivity contribution in [1.82, 2.24) is 0 Å². The van der Waals surface area contributed by atoms with Crippen molar-refractivity contribution in [2.45, 2.75) is 44.4 Å². The van der Waals surface area contributed by atoms with Crippen LogP contribution < -0.4 is 10.5 Å². The van der Waals surface area contributed by atoms with Crippen LogP contribution >= 0.6 is 15.9 Å². The molecule has 2 N–H and O–H groups in total. The van der Waals surface area contributed by atoms with Crippen LogP contribution in [0.3, 0.4) is 0 Å². The number of aryl methyl sites for hydroxylation is 1. The fraction of sp³-hybridized carbons (Fsp3) is 0.600. The molecule has 1 aliphatic rings. The smallest absolute Gasteiger partial charge is 0.136 e. The number of halogens is 1. The Morgan fingerprint density at radius 1 is 1.33 bits per heavy atom. The molecule has 0 saturated heterocycles. The molecule has 1 aromatic carbocycles. The molecule has 0 aromatic heterocycles. The highest BCUT2D eigenvalue weighted by molar-refractivity contribution is 9.10. The number of rotatable bonds is 4. The Kier molecular flexibility index (Phi) is 4.33. The van der Waals surface area contributed by atoms with Crippen molar-refractivity contribution in [2.75, 3.05) is 13.7 Å². The topological polar surface area (TPSA) is 35.2 Å². The summed E-state index contributed by atoms with van der Waals surface area (Å²) in [6, 6.07) is 4.45. The fourth-order valence-corrected chi connectivity index (χ4v) is 3.76. The molecule has 0 atom stereocenters. The van der Waals surface area contributed by atoms with E-state index in [2.05, 4.69) is 35.0 Å². The van der Waals surface area contributed by atoms with Crippen molar-refractivity contribution in [3.8, 4) is 5.75 Å². The van der Waals surface area contributed by atoms with Gasteiger partial charge in [0.25, 0.3) is 0 Å². The number of methoxy groups -OCH3 is 1. The monoisotopic (exact) mass is 311 g/mol. The Bertz CT molecular complexity index is 425. The van der Waals surface area contributed by atoms with Crippen molar-refractivity contribution in [2.24, 2.45) is 5.73 Å². The van der Waals surface area contributed by atoms with E-state index in [1.54, 1.807) is 7.11 Å². The average molecular weight is 312 g/mol. The van der Waals surface area contributed by atoms with Gasteiger partial charge in [-0.15, -0.1) is 0 Å². The van der Waals surface area contributed by atoms with E-state index in [4.69, 9.17) is 10.5 Å². The van der Waals surface area contributed by atoms with Crippen LogP contribution in [0.2, 0.25) is 0 Å². The predicted octanol–water partition coefficient (Wildman–Crippen LogP) is 3.79. The quantitative estimate of drug-likeness (QED) is 0.918. The second kappa shape index (κ2) is 5.62. The number of hydrogen-bond donors (Lipinski definition) is 1. The molecule has 2 rings (SSSR count). The first-order chi connectivity index (χ1) is 8.66. The van der Waals surface area contributed by atoms with Crippen LogP contribution in [0.25, 0.3) is 0 Å². The zero-order chi connectivity index (χ0) is 13.2. The highest BCUT2D eigenvalue weighted by Gasteiger charge is 2.37. The summed E-state index contributed by atoms with van der Waals surface area (Å²) in [5.41, 5.74) is 8.87. The van der Waals surface area contributed by atoms with Gasteiger partial charge in [0.2, 0.25) is 0 Å². The Morgan fingerprint density at radius 2 is 2.00 bits per heavy atom. The summed E-state index contributed by atoms with van der Waals surface area (Å²) in [4.78, 5) is 0. The molecule has 2 nitrogen and oxygen atoms in total. The fourth-order valence-electron chi connectivity index (χ4n) is 3.09. The summed E-state index contributed by atoms with van der Waals surface area (Å²) in [5, 5.41) is 0. The number of hydrogen-bond acceptors (Lipinski definition) is 2. The molecule has 18 heavy (non-hydrogen) atoms. The lowest BCUT2D eigenvalue weighted by molar-refractivity contribution is 0.375. The molecule has 1 fully saturated rings. The van der Waals surface area contributed by atoms with E-state index < -0.39 is 0 Å². The molecule has 100 valence electrons. The highest BCUT2D eigenvalue weighted by atomic mass is 79.9. The molecule has 0 amide bonds. The van der Waals surface area contributed by atoms with Gasteiger partial charge in [-0.05, 0) is 46.8 Å². The zero-order valence-electron chi connectivity index (χ0n) is 11.3. The minimum atomic E-state index is 0.124. The number of nitrogens with two attached hydrogens (primary N) is 1. The van der Waals surface area contributed by atoms with Crippen LogP contribution in [-0.4, -0.2) is 13.7 Å². The zero-order valence-corrected chi connectivity index (χ0v) is 12.8. The largest absolute Gasteiger partial charge is 0.495 e. The van der Waals surface area contributed by atoms with Gasteiger partial charge in [-0.3, -0.25) is 0 Å². The second-order valence-electron chi connectivity index (χ2n) is 5.20. The maximum atomic E-state index is 6.10. The van der Waals surface area contributed by atoms with Gasteiger partial charge < -0.3 is 10.5 Å². The third-order valence-electron chi connectivity index (χ3n) is 4.24. The van der Waals surface area contributed by atoms with Crippen LogP contribution in [0.15, 0.2) is 16.6 Å².